The molecule has 3 aromatic heterocycles. The highest BCUT2D eigenvalue weighted by atomic mass is 15.0. The van der Waals surface area contributed by atoms with Gasteiger partial charge in [0.2, 0.25) is 0 Å². The number of fused-ring (bicyclic) bond motifs is 3. The first-order chi connectivity index (χ1) is 7.25. The van der Waals surface area contributed by atoms with Crippen LogP contribution in [-0.2, 0) is 0 Å². The van der Waals surface area contributed by atoms with E-state index < -0.39 is 0 Å². The van der Waals surface area contributed by atoms with Gasteiger partial charge in [0.15, 0.2) is 5.65 Å². The van der Waals surface area contributed by atoms with Crippen molar-refractivity contribution >= 4 is 16.6 Å². The van der Waals surface area contributed by atoms with Crippen LogP contribution in [0.25, 0.3) is 16.6 Å². The first kappa shape index (κ1) is 8.53. The molecule has 3 heteroatoms. The number of pyridine rings is 1. The summed E-state index contributed by atoms with van der Waals surface area (Å²) in [6.45, 7) is 4.38. The fraction of sp³-hybridized carbons (Fsp3) is 0.250. The summed E-state index contributed by atoms with van der Waals surface area (Å²) in [5, 5.41) is 1.23. The van der Waals surface area contributed by atoms with Gasteiger partial charge in [-0.25, -0.2) is 4.98 Å². The number of imidazole rings is 1. The third-order valence-corrected chi connectivity index (χ3v) is 2.80. The van der Waals surface area contributed by atoms with Crippen LogP contribution >= 0.6 is 0 Å². The molecule has 0 aliphatic rings. The monoisotopic (exact) mass is 199 g/mol. The minimum atomic E-state index is 0.521. The fourth-order valence-corrected chi connectivity index (χ4v) is 1.91. The molecule has 0 bridgehead atoms. The molecule has 0 atom stereocenters. The molecule has 3 aromatic rings. The Balaban J connectivity index is 2.41. The predicted octanol–water partition coefficient (Wildman–Crippen LogP) is 2.94. The van der Waals surface area contributed by atoms with Crippen LogP contribution < -0.4 is 0 Å². The van der Waals surface area contributed by atoms with Crippen LogP contribution in [0, 0.1) is 0 Å². The highest BCUT2D eigenvalue weighted by molar-refractivity contribution is 5.91. The first-order valence-electron chi connectivity index (χ1n) is 5.20. The zero-order valence-corrected chi connectivity index (χ0v) is 8.86. The maximum Gasteiger partial charge on any atom is 0.161 e. The molecular weight excluding hydrogens is 186 g/mol. The van der Waals surface area contributed by atoms with Gasteiger partial charge >= 0.3 is 0 Å². The second-order valence-corrected chi connectivity index (χ2v) is 4.18. The van der Waals surface area contributed by atoms with E-state index in [0.717, 1.165) is 11.2 Å². The van der Waals surface area contributed by atoms with Crippen molar-refractivity contribution < 1.29 is 0 Å². The standard InChI is InChI=1S/C12H13N3/c1-8(2)10-7-9-3-5-15-6-4-13-12(15)11(9)14-10/h3-8,14H,1-2H3. The van der Waals surface area contributed by atoms with E-state index in [1.165, 1.54) is 11.1 Å². The smallest absolute Gasteiger partial charge is 0.161 e. The summed E-state index contributed by atoms with van der Waals surface area (Å²) in [4.78, 5) is 7.79. The normalized spacial score (nSPS) is 11.9. The second-order valence-electron chi connectivity index (χ2n) is 4.18. The number of hydrogen-bond acceptors (Lipinski definition) is 1. The number of H-pyrrole nitrogens is 1. The van der Waals surface area contributed by atoms with Gasteiger partial charge in [-0.3, -0.25) is 0 Å². The zero-order valence-electron chi connectivity index (χ0n) is 8.86. The molecule has 15 heavy (non-hydrogen) atoms. The van der Waals surface area contributed by atoms with Gasteiger partial charge in [0.05, 0.1) is 5.52 Å². The van der Waals surface area contributed by atoms with Gasteiger partial charge in [0, 0.05) is 29.7 Å². The van der Waals surface area contributed by atoms with E-state index in [-0.39, 0.29) is 0 Å². The summed E-state index contributed by atoms with van der Waals surface area (Å²) in [7, 11) is 0. The molecule has 0 spiro atoms. The number of nitrogens with zero attached hydrogens (tertiary/aromatic N) is 2. The van der Waals surface area contributed by atoms with Crippen LogP contribution in [0.15, 0.2) is 30.7 Å². The first-order valence-corrected chi connectivity index (χ1v) is 5.20. The van der Waals surface area contributed by atoms with Gasteiger partial charge in [-0.1, -0.05) is 13.8 Å². The average molecular weight is 199 g/mol. The molecule has 0 saturated carbocycles. The Morgan fingerprint density at radius 2 is 2.20 bits per heavy atom. The lowest BCUT2D eigenvalue weighted by Crippen LogP contribution is -1.86. The molecule has 76 valence electrons. The van der Waals surface area contributed by atoms with Crippen molar-refractivity contribution in [3.8, 4) is 0 Å². The maximum atomic E-state index is 4.35. The molecule has 3 rings (SSSR count). The van der Waals surface area contributed by atoms with E-state index in [1.54, 1.807) is 0 Å². The Morgan fingerprint density at radius 3 is 3.00 bits per heavy atom. The van der Waals surface area contributed by atoms with Gasteiger partial charge < -0.3 is 9.38 Å². The van der Waals surface area contributed by atoms with Gasteiger partial charge in [-0.05, 0) is 18.1 Å². The van der Waals surface area contributed by atoms with E-state index in [4.69, 9.17) is 0 Å². The summed E-state index contributed by atoms with van der Waals surface area (Å²) < 4.78 is 2.03. The van der Waals surface area contributed by atoms with E-state index in [9.17, 15) is 0 Å². The Bertz CT molecular complexity index is 616. The Kier molecular flexibility index (Phi) is 1.63. The molecule has 0 radical (unpaired) electrons. The zero-order chi connectivity index (χ0) is 10.4. The average Bonchev–Trinajstić information content (AvgIpc) is 2.82. The molecule has 0 aromatic carbocycles. The number of aromatic nitrogens is 3. The lowest BCUT2D eigenvalue weighted by atomic mass is 10.1. The lowest BCUT2D eigenvalue weighted by Gasteiger charge is -1.98. The molecule has 0 fully saturated rings. The summed E-state index contributed by atoms with van der Waals surface area (Å²) in [5.41, 5.74) is 3.40. The highest BCUT2D eigenvalue weighted by Crippen LogP contribution is 2.23. The van der Waals surface area contributed by atoms with Gasteiger partial charge in [-0.2, -0.15) is 0 Å². The van der Waals surface area contributed by atoms with Crippen LogP contribution in [0.2, 0.25) is 0 Å². The van der Waals surface area contributed by atoms with Crippen molar-refractivity contribution in [2.75, 3.05) is 0 Å². The molecule has 0 saturated heterocycles. The maximum absolute atomic E-state index is 4.35. The SMILES string of the molecule is CC(C)c1cc2ccn3ccnc3c2[nH]1. The van der Waals surface area contributed by atoms with Crippen LogP contribution in [0.5, 0.6) is 0 Å². The summed E-state index contributed by atoms with van der Waals surface area (Å²) in [6.07, 6.45) is 5.83. The van der Waals surface area contributed by atoms with Crippen LogP contribution in [0.4, 0.5) is 0 Å². The number of hydrogen-bond donors (Lipinski definition) is 1. The van der Waals surface area contributed by atoms with E-state index in [2.05, 4.69) is 35.9 Å². The summed E-state index contributed by atoms with van der Waals surface area (Å²) >= 11 is 0. The van der Waals surface area contributed by atoms with Crippen LogP contribution in [0.3, 0.4) is 0 Å². The molecule has 0 amide bonds. The van der Waals surface area contributed by atoms with Crippen molar-refractivity contribution in [1.82, 2.24) is 14.4 Å². The predicted molar refractivity (Wildman–Crippen MR) is 61.1 cm³/mol. The Hall–Kier alpha value is -1.77. The lowest BCUT2D eigenvalue weighted by molar-refractivity contribution is 0.836. The van der Waals surface area contributed by atoms with Gasteiger partial charge in [-0.15, -0.1) is 0 Å². The number of rotatable bonds is 1. The van der Waals surface area contributed by atoms with Gasteiger partial charge in [0.25, 0.3) is 0 Å². The Labute approximate surface area is 87.8 Å². The molecule has 0 unspecified atom stereocenters. The second kappa shape index (κ2) is 2.86. The molecule has 0 aliphatic carbocycles. The van der Waals surface area contributed by atoms with Crippen LogP contribution in [0.1, 0.15) is 25.5 Å². The highest BCUT2D eigenvalue weighted by Gasteiger charge is 2.07. The molecule has 3 nitrogen and oxygen atoms in total. The topological polar surface area (TPSA) is 33.1 Å². The van der Waals surface area contributed by atoms with Crippen molar-refractivity contribution in [3.05, 3.63) is 36.4 Å². The van der Waals surface area contributed by atoms with Crippen LogP contribution in [-0.4, -0.2) is 14.4 Å². The minimum Gasteiger partial charge on any atom is -0.355 e. The number of nitrogens with one attached hydrogen (secondary N) is 1. The number of aromatic amines is 1. The Morgan fingerprint density at radius 1 is 1.33 bits per heavy atom. The third kappa shape index (κ3) is 1.16. The van der Waals surface area contributed by atoms with E-state index in [1.807, 2.05) is 23.0 Å². The quantitative estimate of drug-likeness (QED) is 0.642. The van der Waals surface area contributed by atoms with Crippen molar-refractivity contribution in [3.63, 3.8) is 0 Å². The minimum absolute atomic E-state index is 0.521. The summed E-state index contributed by atoms with van der Waals surface area (Å²) in [6, 6.07) is 4.32. The van der Waals surface area contributed by atoms with Gasteiger partial charge in [0.1, 0.15) is 0 Å². The van der Waals surface area contributed by atoms with Crippen molar-refractivity contribution in [2.24, 2.45) is 0 Å². The van der Waals surface area contributed by atoms with E-state index in [0.29, 0.717) is 5.92 Å². The molecular formula is C12H13N3. The fourth-order valence-electron chi connectivity index (χ4n) is 1.91. The molecule has 3 heterocycles. The molecule has 0 aliphatic heterocycles. The summed E-state index contributed by atoms with van der Waals surface area (Å²) in [5.74, 6) is 0.521. The molecule has 1 N–H and O–H groups in total. The van der Waals surface area contributed by atoms with Crippen molar-refractivity contribution in [2.45, 2.75) is 19.8 Å². The van der Waals surface area contributed by atoms with Crippen molar-refractivity contribution in [1.29, 1.82) is 0 Å². The third-order valence-electron chi connectivity index (χ3n) is 2.80. The van der Waals surface area contributed by atoms with E-state index >= 15 is 0 Å². The largest absolute Gasteiger partial charge is 0.355 e.